The number of hydrogen-bond acceptors (Lipinski definition) is 9. The fourth-order valence-electron chi connectivity index (χ4n) is 4.49. The van der Waals surface area contributed by atoms with Gasteiger partial charge >= 0.3 is 12.1 Å². The minimum absolute atomic E-state index is 0.109. The lowest BCUT2D eigenvalue weighted by Gasteiger charge is -2.26. The van der Waals surface area contributed by atoms with Gasteiger partial charge in [-0.3, -0.25) is 19.1 Å². The molecule has 10 heteroatoms. The second kappa shape index (κ2) is 11.9. The Labute approximate surface area is 228 Å². The van der Waals surface area contributed by atoms with Gasteiger partial charge in [0.05, 0.1) is 23.4 Å². The quantitative estimate of drug-likeness (QED) is 0.134. The molecule has 0 saturated carbocycles. The number of carbonyl (C=O) groups excluding carboxylic acids is 2. The van der Waals surface area contributed by atoms with Crippen LogP contribution in [0.4, 0.5) is 4.79 Å². The molecule has 0 bridgehead atoms. The Bertz CT molecular complexity index is 1500. The van der Waals surface area contributed by atoms with Crippen LogP contribution in [0, 0.1) is 0 Å². The Morgan fingerprint density at radius 3 is 2.55 bits per heavy atom. The van der Waals surface area contributed by atoms with Crippen molar-refractivity contribution in [2.75, 3.05) is 25.4 Å². The number of nitrogens with zero attached hydrogens (tertiary/aromatic N) is 3. The van der Waals surface area contributed by atoms with E-state index in [1.54, 1.807) is 11.5 Å². The molecule has 1 aliphatic heterocycles. The lowest BCUT2D eigenvalue weighted by Crippen LogP contribution is -2.32. The maximum atomic E-state index is 13.9. The van der Waals surface area contributed by atoms with Crippen molar-refractivity contribution in [1.82, 2.24) is 14.5 Å². The first-order valence-corrected chi connectivity index (χ1v) is 14.2. The first-order valence-electron chi connectivity index (χ1n) is 12.4. The molecule has 0 N–H and O–H groups in total. The van der Waals surface area contributed by atoms with Crippen molar-refractivity contribution in [2.45, 2.75) is 31.5 Å². The molecule has 0 amide bonds. The average Bonchev–Trinajstić information content (AvgIpc) is 3.30. The van der Waals surface area contributed by atoms with Gasteiger partial charge in [0, 0.05) is 24.5 Å². The van der Waals surface area contributed by atoms with Crippen molar-refractivity contribution in [2.24, 2.45) is 0 Å². The first kappa shape index (κ1) is 26.1. The molecule has 0 atom stereocenters. The molecule has 3 heterocycles. The SMILES string of the molecule is CCOC(=O)OC(=O)CSc1nc2sc3c(c2c(=O)n1-c1ccccc1)CCN(CCc1ccccc1)C3. The summed E-state index contributed by atoms with van der Waals surface area (Å²) in [6, 6.07) is 19.7. The van der Waals surface area contributed by atoms with Crippen molar-refractivity contribution in [1.29, 1.82) is 0 Å². The van der Waals surface area contributed by atoms with E-state index < -0.39 is 12.1 Å². The van der Waals surface area contributed by atoms with Gasteiger partial charge < -0.3 is 9.47 Å². The number of thioether (sulfide) groups is 1. The van der Waals surface area contributed by atoms with Gasteiger partial charge in [0.1, 0.15) is 4.83 Å². The highest BCUT2D eigenvalue weighted by Crippen LogP contribution is 2.34. The van der Waals surface area contributed by atoms with Crippen LogP contribution in [0.2, 0.25) is 0 Å². The van der Waals surface area contributed by atoms with E-state index in [2.05, 4.69) is 38.6 Å². The number of esters is 1. The van der Waals surface area contributed by atoms with E-state index in [1.807, 2.05) is 36.4 Å². The van der Waals surface area contributed by atoms with Crippen molar-refractivity contribution in [3.63, 3.8) is 0 Å². The van der Waals surface area contributed by atoms with Gasteiger partial charge in [-0.25, -0.2) is 9.78 Å². The summed E-state index contributed by atoms with van der Waals surface area (Å²) < 4.78 is 10.9. The summed E-state index contributed by atoms with van der Waals surface area (Å²) in [5.41, 5.74) is 2.89. The number of para-hydroxylation sites is 1. The molecule has 38 heavy (non-hydrogen) atoms. The van der Waals surface area contributed by atoms with Crippen LogP contribution in [0.25, 0.3) is 15.9 Å². The largest absolute Gasteiger partial charge is 0.516 e. The van der Waals surface area contributed by atoms with Gasteiger partial charge in [-0.2, -0.15) is 0 Å². The zero-order valence-electron chi connectivity index (χ0n) is 20.9. The maximum absolute atomic E-state index is 13.9. The molecule has 2 aromatic carbocycles. The standard InChI is InChI=1S/C28H27N3O5S2/c1-2-35-28(34)36-23(32)18-37-27-29-25-24(26(33)31(27)20-11-7-4-8-12-20)21-14-16-30(17-22(21)38-25)15-13-19-9-5-3-6-10-19/h3-12H,2,13-18H2,1H3. The first-order chi connectivity index (χ1) is 18.5. The predicted octanol–water partition coefficient (Wildman–Crippen LogP) is 4.84. The Morgan fingerprint density at radius 1 is 1.08 bits per heavy atom. The molecule has 1 aliphatic rings. The van der Waals surface area contributed by atoms with E-state index in [1.165, 1.54) is 16.9 Å². The lowest BCUT2D eigenvalue weighted by molar-refractivity contribution is -0.136. The minimum Gasteiger partial charge on any atom is -0.434 e. The Balaban J connectivity index is 1.43. The molecule has 8 nitrogen and oxygen atoms in total. The molecule has 0 fully saturated rings. The van der Waals surface area contributed by atoms with Crippen molar-refractivity contribution >= 4 is 45.4 Å². The predicted molar refractivity (Wildman–Crippen MR) is 148 cm³/mol. The zero-order chi connectivity index (χ0) is 26.5. The number of fused-ring (bicyclic) bond motifs is 3. The van der Waals surface area contributed by atoms with Crippen molar-refractivity contribution in [3.8, 4) is 5.69 Å². The van der Waals surface area contributed by atoms with Crippen molar-refractivity contribution < 1.29 is 19.1 Å². The highest BCUT2D eigenvalue weighted by Gasteiger charge is 2.26. The van der Waals surface area contributed by atoms with Gasteiger partial charge in [0.2, 0.25) is 0 Å². The third kappa shape index (κ3) is 5.82. The van der Waals surface area contributed by atoms with Gasteiger partial charge in [-0.1, -0.05) is 60.3 Å². The van der Waals surface area contributed by atoms with Crippen LogP contribution >= 0.6 is 23.1 Å². The number of aromatic nitrogens is 2. The average molecular weight is 550 g/mol. The lowest BCUT2D eigenvalue weighted by atomic mass is 10.0. The van der Waals surface area contributed by atoms with E-state index in [0.29, 0.717) is 21.1 Å². The zero-order valence-corrected chi connectivity index (χ0v) is 22.6. The molecule has 196 valence electrons. The van der Waals surface area contributed by atoms with Crippen LogP contribution < -0.4 is 5.56 Å². The third-order valence-electron chi connectivity index (χ3n) is 6.28. The molecule has 0 radical (unpaired) electrons. The summed E-state index contributed by atoms with van der Waals surface area (Å²) in [4.78, 5) is 46.7. The second-order valence-corrected chi connectivity index (χ2v) is 10.8. The Hall–Kier alpha value is -3.47. The number of ether oxygens (including phenoxy) is 2. The van der Waals surface area contributed by atoms with Crippen LogP contribution in [0.3, 0.4) is 0 Å². The summed E-state index contributed by atoms with van der Waals surface area (Å²) in [5.74, 6) is -0.955. The van der Waals surface area contributed by atoms with Crippen LogP contribution in [-0.2, 0) is 33.7 Å². The molecule has 0 unspecified atom stereocenters. The minimum atomic E-state index is -1.04. The van der Waals surface area contributed by atoms with Gasteiger partial charge in [0.15, 0.2) is 5.16 Å². The fourth-order valence-corrected chi connectivity index (χ4v) is 6.58. The number of benzene rings is 2. The number of rotatable bonds is 8. The molecular weight excluding hydrogens is 522 g/mol. The summed E-state index contributed by atoms with van der Waals surface area (Å²) in [5, 5.41) is 1.02. The topological polar surface area (TPSA) is 90.7 Å². The van der Waals surface area contributed by atoms with E-state index in [4.69, 9.17) is 4.98 Å². The van der Waals surface area contributed by atoms with E-state index in [0.717, 1.165) is 54.7 Å². The Kier molecular flexibility index (Phi) is 8.21. The second-order valence-electron chi connectivity index (χ2n) is 8.76. The smallest absolute Gasteiger partial charge is 0.434 e. The van der Waals surface area contributed by atoms with Gasteiger partial charge in [-0.05, 0) is 43.0 Å². The highest BCUT2D eigenvalue weighted by atomic mass is 32.2. The van der Waals surface area contributed by atoms with Crippen LogP contribution in [-0.4, -0.2) is 52.0 Å². The molecule has 5 rings (SSSR count). The number of carbonyl (C=O) groups is 2. The van der Waals surface area contributed by atoms with E-state index >= 15 is 0 Å². The van der Waals surface area contributed by atoms with Gasteiger partial charge in [0.25, 0.3) is 5.56 Å². The van der Waals surface area contributed by atoms with Crippen LogP contribution in [0.1, 0.15) is 22.9 Å². The summed E-state index contributed by atoms with van der Waals surface area (Å²) in [6.07, 6.45) is 0.724. The molecule has 0 spiro atoms. The molecule has 0 saturated heterocycles. The molecule has 2 aromatic heterocycles. The third-order valence-corrected chi connectivity index (χ3v) is 8.30. The van der Waals surface area contributed by atoms with E-state index in [9.17, 15) is 14.4 Å². The number of thiophene rings is 1. The summed E-state index contributed by atoms with van der Waals surface area (Å²) >= 11 is 2.60. The van der Waals surface area contributed by atoms with E-state index in [-0.39, 0.29) is 17.9 Å². The monoisotopic (exact) mass is 549 g/mol. The molecular formula is C28H27N3O5S2. The van der Waals surface area contributed by atoms with Crippen LogP contribution in [0.15, 0.2) is 70.6 Å². The van der Waals surface area contributed by atoms with Crippen LogP contribution in [0.5, 0.6) is 0 Å². The molecule has 4 aromatic rings. The fraction of sp³-hybridized carbons (Fsp3) is 0.286. The Morgan fingerprint density at radius 2 is 1.82 bits per heavy atom. The maximum Gasteiger partial charge on any atom is 0.516 e. The van der Waals surface area contributed by atoms with Gasteiger partial charge in [-0.15, -0.1) is 11.3 Å². The normalized spacial score (nSPS) is 13.3. The number of hydrogen-bond donors (Lipinski definition) is 0. The highest BCUT2D eigenvalue weighted by molar-refractivity contribution is 7.99. The summed E-state index contributed by atoms with van der Waals surface area (Å²) in [6.45, 7) is 4.34. The summed E-state index contributed by atoms with van der Waals surface area (Å²) in [7, 11) is 0. The molecule has 0 aliphatic carbocycles. The van der Waals surface area contributed by atoms with Crippen molar-refractivity contribution in [3.05, 3.63) is 87.0 Å².